The molecule has 0 heterocycles. The van der Waals surface area contributed by atoms with Gasteiger partial charge in [0.1, 0.15) is 0 Å². The normalized spacial score (nSPS) is 10.2. The SMILES string of the molecule is CCN(C)c1ccc(C)cc1CN. The molecular weight excluding hydrogens is 160 g/mol. The van der Waals surface area contributed by atoms with Gasteiger partial charge in [0.25, 0.3) is 0 Å². The van der Waals surface area contributed by atoms with Crippen LogP contribution in [0.15, 0.2) is 18.2 Å². The number of rotatable bonds is 3. The number of nitrogens with zero attached hydrogens (tertiary/aromatic N) is 1. The lowest BCUT2D eigenvalue weighted by molar-refractivity contribution is 0.939. The third-order valence-electron chi connectivity index (χ3n) is 2.34. The molecule has 2 N–H and O–H groups in total. The van der Waals surface area contributed by atoms with E-state index in [0.29, 0.717) is 6.54 Å². The molecule has 72 valence electrons. The van der Waals surface area contributed by atoms with E-state index >= 15 is 0 Å². The molecule has 1 rings (SSSR count). The molecule has 0 aliphatic carbocycles. The molecular formula is C11H18N2. The lowest BCUT2D eigenvalue weighted by atomic mass is 10.1. The number of hydrogen-bond acceptors (Lipinski definition) is 2. The maximum atomic E-state index is 5.69. The van der Waals surface area contributed by atoms with E-state index < -0.39 is 0 Å². The lowest BCUT2D eigenvalue weighted by Gasteiger charge is -2.20. The van der Waals surface area contributed by atoms with Crippen molar-refractivity contribution in [1.29, 1.82) is 0 Å². The molecule has 0 amide bonds. The van der Waals surface area contributed by atoms with Crippen LogP contribution in [0.5, 0.6) is 0 Å². The molecule has 0 bridgehead atoms. The Morgan fingerprint density at radius 1 is 1.38 bits per heavy atom. The van der Waals surface area contributed by atoms with E-state index in [0.717, 1.165) is 6.54 Å². The minimum atomic E-state index is 0.612. The summed E-state index contributed by atoms with van der Waals surface area (Å²) in [6.45, 7) is 5.85. The van der Waals surface area contributed by atoms with Gasteiger partial charge in [0.2, 0.25) is 0 Å². The first-order valence-corrected chi connectivity index (χ1v) is 4.69. The second-order valence-electron chi connectivity index (χ2n) is 3.35. The maximum absolute atomic E-state index is 5.69. The van der Waals surface area contributed by atoms with E-state index in [1.54, 1.807) is 0 Å². The van der Waals surface area contributed by atoms with Gasteiger partial charge in [-0.1, -0.05) is 17.7 Å². The minimum absolute atomic E-state index is 0.612. The highest BCUT2D eigenvalue weighted by molar-refractivity contribution is 5.54. The maximum Gasteiger partial charge on any atom is 0.0409 e. The molecule has 2 nitrogen and oxygen atoms in total. The molecule has 0 radical (unpaired) electrons. The number of anilines is 1. The number of hydrogen-bond donors (Lipinski definition) is 1. The van der Waals surface area contributed by atoms with Gasteiger partial charge in [-0.15, -0.1) is 0 Å². The topological polar surface area (TPSA) is 29.3 Å². The molecule has 0 spiro atoms. The van der Waals surface area contributed by atoms with E-state index in [9.17, 15) is 0 Å². The van der Waals surface area contributed by atoms with Crippen molar-refractivity contribution in [2.45, 2.75) is 20.4 Å². The van der Waals surface area contributed by atoms with Crippen molar-refractivity contribution < 1.29 is 0 Å². The zero-order chi connectivity index (χ0) is 9.84. The van der Waals surface area contributed by atoms with Crippen molar-refractivity contribution in [2.24, 2.45) is 5.73 Å². The van der Waals surface area contributed by atoms with Crippen LogP contribution in [0.4, 0.5) is 5.69 Å². The predicted molar refractivity (Wildman–Crippen MR) is 58.0 cm³/mol. The minimum Gasteiger partial charge on any atom is -0.375 e. The van der Waals surface area contributed by atoms with Gasteiger partial charge in [-0.3, -0.25) is 0 Å². The smallest absolute Gasteiger partial charge is 0.0409 e. The molecule has 2 heteroatoms. The first kappa shape index (κ1) is 10.1. The van der Waals surface area contributed by atoms with Crippen molar-refractivity contribution in [3.63, 3.8) is 0 Å². The average molecular weight is 178 g/mol. The molecule has 0 aliphatic heterocycles. The fourth-order valence-corrected chi connectivity index (χ4v) is 1.42. The Kier molecular flexibility index (Phi) is 3.32. The zero-order valence-electron chi connectivity index (χ0n) is 8.67. The van der Waals surface area contributed by atoms with Gasteiger partial charge in [0, 0.05) is 25.8 Å². The summed E-state index contributed by atoms with van der Waals surface area (Å²) in [5, 5.41) is 0. The highest BCUT2D eigenvalue weighted by atomic mass is 15.1. The molecule has 13 heavy (non-hydrogen) atoms. The number of benzene rings is 1. The molecule has 1 aromatic rings. The predicted octanol–water partition coefficient (Wildman–Crippen LogP) is 1.91. The van der Waals surface area contributed by atoms with Crippen LogP contribution in [-0.4, -0.2) is 13.6 Å². The average Bonchev–Trinajstić information content (AvgIpc) is 2.16. The van der Waals surface area contributed by atoms with Gasteiger partial charge in [-0.25, -0.2) is 0 Å². The van der Waals surface area contributed by atoms with E-state index in [1.807, 2.05) is 0 Å². The summed E-state index contributed by atoms with van der Waals surface area (Å²) >= 11 is 0. The summed E-state index contributed by atoms with van der Waals surface area (Å²) in [5.74, 6) is 0. The molecule has 0 saturated carbocycles. The quantitative estimate of drug-likeness (QED) is 0.766. The summed E-state index contributed by atoms with van der Waals surface area (Å²) in [6, 6.07) is 6.42. The third-order valence-corrected chi connectivity index (χ3v) is 2.34. The monoisotopic (exact) mass is 178 g/mol. The van der Waals surface area contributed by atoms with Crippen molar-refractivity contribution >= 4 is 5.69 Å². The molecule has 0 saturated heterocycles. The molecule has 0 aromatic heterocycles. The Bertz CT molecular complexity index is 281. The van der Waals surface area contributed by atoms with Crippen molar-refractivity contribution in [1.82, 2.24) is 0 Å². The van der Waals surface area contributed by atoms with Crippen LogP contribution in [0, 0.1) is 6.92 Å². The van der Waals surface area contributed by atoms with Gasteiger partial charge < -0.3 is 10.6 Å². The van der Waals surface area contributed by atoms with Gasteiger partial charge in [-0.2, -0.15) is 0 Å². The molecule has 1 aromatic carbocycles. The summed E-state index contributed by atoms with van der Waals surface area (Å²) in [6.07, 6.45) is 0. The Labute approximate surface area is 80.4 Å². The first-order valence-electron chi connectivity index (χ1n) is 4.69. The van der Waals surface area contributed by atoms with Crippen LogP contribution in [0.3, 0.4) is 0 Å². The fraction of sp³-hybridized carbons (Fsp3) is 0.455. The molecule has 0 atom stereocenters. The molecule has 0 aliphatic rings. The number of aryl methyl sites for hydroxylation is 1. The van der Waals surface area contributed by atoms with Crippen molar-refractivity contribution in [2.75, 3.05) is 18.5 Å². The molecule has 0 fully saturated rings. The highest BCUT2D eigenvalue weighted by Gasteiger charge is 2.03. The van der Waals surface area contributed by atoms with Gasteiger partial charge in [-0.05, 0) is 25.5 Å². The molecule has 0 unspecified atom stereocenters. The largest absolute Gasteiger partial charge is 0.375 e. The Balaban J connectivity index is 3.05. The van der Waals surface area contributed by atoms with Crippen LogP contribution < -0.4 is 10.6 Å². The van der Waals surface area contributed by atoms with Crippen LogP contribution >= 0.6 is 0 Å². The van der Waals surface area contributed by atoms with Gasteiger partial charge in [0.15, 0.2) is 0 Å². The first-order chi connectivity index (χ1) is 6.19. The summed E-state index contributed by atoms with van der Waals surface area (Å²) in [7, 11) is 2.09. The third kappa shape index (κ3) is 2.22. The van der Waals surface area contributed by atoms with Gasteiger partial charge >= 0.3 is 0 Å². The van der Waals surface area contributed by atoms with E-state index in [1.165, 1.54) is 16.8 Å². The summed E-state index contributed by atoms with van der Waals surface area (Å²) < 4.78 is 0. The van der Waals surface area contributed by atoms with Crippen LogP contribution in [0.25, 0.3) is 0 Å². The fourth-order valence-electron chi connectivity index (χ4n) is 1.42. The van der Waals surface area contributed by atoms with E-state index in [2.05, 4.69) is 44.0 Å². The van der Waals surface area contributed by atoms with Gasteiger partial charge in [0.05, 0.1) is 0 Å². The Hall–Kier alpha value is -1.02. The lowest BCUT2D eigenvalue weighted by Crippen LogP contribution is -2.18. The standard InChI is InChI=1S/C11H18N2/c1-4-13(3)11-6-5-9(2)7-10(11)8-12/h5-7H,4,8,12H2,1-3H3. The van der Waals surface area contributed by atoms with E-state index in [4.69, 9.17) is 5.73 Å². The van der Waals surface area contributed by atoms with Crippen LogP contribution in [0.1, 0.15) is 18.1 Å². The highest BCUT2D eigenvalue weighted by Crippen LogP contribution is 2.19. The summed E-state index contributed by atoms with van der Waals surface area (Å²) in [5.41, 5.74) is 9.43. The zero-order valence-corrected chi connectivity index (χ0v) is 8.67. The summed E-state index contributed by atoms with van der Waals surface area (Å²) in [4.78, 5) is 2.21. The Morgan fingerprint density at radius 3 is 2.62 bits per heavy atom. The van der Waals surface area contributed by atoms with Crippen LogP contribution in [0.2, 0.25) is 0 Å². The number of nitrogens with two attached hydrogens (primary N) is 1. The second kappa shape index (κ2) is 4.28. The second-order valence-corrected chi connectivity index (χ2v) is 3.35. The van der Waals surface area contributed by atoms with Crippen LogP contribution in [-0.2, 0) is 6.54 Å². The van der Waals surface area contributed by atoms with E-state index in [-0.39, 0.29) is 0 Å². The Morgan fingerprint density at radius 2 is 2.08 bits per heavy atom. The van der Waals surface area contributed by atoms with Crippen molar-refractivity contribution in [3.05, 3.63) is 29.3 Å². The van der Waals surface area contributed by atoms with Crippen molar-refractivity contribution in [3.8, 4) is 0 Å².